The van der Waals surface area contributed by atoms with E-state index in [2.05, 4.69) is 9.97 Å². The minimum absolute atomic E-state index is 0.0582. The smallest absolute Gasteiger partial charge is 0.406 e. The van der Waals surface area contributed by atoms with Gasteiger partial charge < -0.3 is 14.2 Å². The Morgan fingerprint density at radius 2 is 2.00 bits per heavy atom. The van der Waals surface area contributed by atoms with Crippen LogP contribution in [0.3, 0.4) is 0 Å². The van der Waals surface area contributed by atoms with E-state index in [1.54, 1.807) is 24.6 Å². The maximum atomic E-state index is 12.6. The van der Waals surface area contributed by atoms with Gasteiger partial charge in [0.25, 0.3) is 5.91 Å². The molecule has 148 valence electrons. The van der Waals surface area contributed by atoms with Crippen LogP contribution in [0.1, 0.15) is 16.3 Å². The van der Waals surface area contributed by atoms with Crippen LogP contribution in [0.2, 0.25) is 0 Å². The predicted octanol–water partition coefficient (Wildman–Crippen LogP) is 3.85. The van der Waals surface area contributed by atoms with Gasteiger partial charge in [-0.25, -0.2) is 9.97 Å². The van der Waals surface area contributed by atoms with E-state index in [9.17, 15) is 18.0 Å². The van der Waals surface area contributed by atoms with E-state index in [0.29, 0.717) is 10.8 Å². The van der Waals surface area contributed by atoms with E-state index in [0.717, 1.165) is 10.1 Å². The Balaban J connectivity index is 1.71. The Morgan fingerprint density at radius 3 is 2.64 bits per heavy atom. The third kappa shape index (κ3) is 4.69. The quantitative estimate of drug-likeness (QED) is 0.619. The van der Waals surface area contributed by atoms with Crippen molar-refractivity contribution in [1.82, 2.24) is 19.4 Å². The fraction of sp³-hybridized carbons (Fsp3) is 0.278. The van der Waals surface area contributed by atoms with Gasteiger partial charge in [-0.05, 0) is 24.3 Å². The number of rotatable bonds is 6. The van der Waals surface area contributed by atoms with Crippen molar-refractivity contribution >= 4 is 17.2 Å². The summed E-state index contributed by atoms with van der Waals surface area (Å²) in [6.07, 6.45) is -1.84. The minimum Gasteiger partial charge on any atom is -0.497 e. The van der Waals surface area contributed by atoms with Crippen molar-refractivity contribution in [1.29, 1.82) is 0 Å². The Morgan fingerprint density at radius 1 is 1.29 bits per heavy atom. The molecule has 0 aliphatic rings. The van der Waals surface area contributed by atoms with Gasteiger partial charge in [-0.2, -0.15) is 13.2 Å². The third-order valence-corrected chi connectivity index (χ3v) is 4.83. The summed E-state index contributed by atoms with van der Waals surface area (Å²) in [4.78, 5) is 22.2. The first-order valence-electron chi connectivity index (χ1n) is 8.19. The number of carbonyl (C=O) groups is 1. The molecule has 0 spiro atoms. The zero-order valence-electron chi connectivity index (χ0n) is 15.1. The van der Waals surface area contributed by atoms with Crippen LogP contribution < -0.4 is 4.74 Å². The molecule has 3 rings (SSSR count). The average molecular weight is 410 g/mol. The summed E-state index contributed by atoms with van der Waals surface area (Å²) in [7, 11) is 3.08. The largest absolute Gasteiger partial charge is 0.497 e. The molecule has 10 heteroatoms. The maximum Gasteiger partial charge on any atom is 0.406 e. The lowest BCUT2D eigenvalue weighted by Crippen LogP contribution is -2.29. The van der Waals surface area contributed by atoms with E-state index in [4.69, 9.17) is 4.74 Å². The predicted molar refractivity (Wildman–Crippen MR) is 98.2 cm³/mol. The highest BCUT2D eigenvalue weighted by Gasteiger charge is 2.29. The molecular formula is C18H17F3N4O2S. The van der Waals surface area contributed by atoms with Crippen LogP contribution in [0.4, 0.5) is 13.2 Å². The molecule has 0 bridgehead atoms. The average Bonchev–Trinajstić information content (AvgIpc) is 3.30. The lowest BCUT2D eigenvalue weighted by atomic mass is 10.2. The molecule has 0 saturated heterocycles. The van der Waals surface area contributed by atoms with Crippen molar-refractivity contribution in [2.75, 3.05) is 14.2 Å². The Labute approximate surface area is 163 Å². The fourth-order valence-electron chi connectivity index (χ4n) is 2.55. The van der Waals surface area contributed by atoms with E-state index in [1.807, 2.05) is 12.1 Å². The van der Waals surface area contributed by atoms with Crippen LogP contribution in [0.15, 0.2) is 42.0 Å². The monoisotopic (exact) mass is 410 g/mol. The highest BCUT2D eigenvalue weighted by atomic mass is 32.1. The Kier molecular flexibility index (Phi) is 5.68. The molecule has 2 heterocycles. The maximum absolute atomic E-state index is 12.6. The van der Waals surface area contributed by atoms with Crippen molar-refractivity contribution in [2.45, 2.75) is 19.3 Å². The van der Waals surface area contributed by atoms with Crippen molar-refractivity contribution in [2.24, 2.45) is 0 Å². The van der Waals surface area contributed by atoms with E-state index in [-0.39, 0.29) is 18.1 Å². The second-order valence-electron chi connectivity index (χ2n) is 6.01. The number of halogens is 3. The minimum atomic E-state index is -4.36. The van der Waals surface area contributed by atoms with E-state index < -0.39 is 18.6 Å². The molecule has 0 atom stereocenters. The summed E-state index contributed by atoms with van der Waals surface area (Å²) < 4.78 is 44.0. The van der Waals surface area contributed by atoms with Gasteiger partial charge in [0.15, 0.2) is 0 Å². The summed E-state index contributed by atoms with van der Waals surface area (Å²) in [6.45, 7) is -1.21. The third-order valence-electron chi connectivity index (χ3n) is 3.94. The van der Waals surface area contributed by atoms with Gasteiger partial charge >= 0.3 is 6.18 Å². The molecule has 28 heavy (non-hydrogen) atoms. The van der Waals surface area contributed by atoms with Gasteiger partial charge in [-0.15, -0.1) is 11.3 Å². The number of thiazole rings is 1. The molecule has 1 aromatic carbocycles. The number of aromatic nitrogens is 3. The molecule has 0 aliphatic carbocycles. The molecule has 0 saturated carbocycles. The zero-order chi connectivity index (χ0) is 20.3. The van der Waals surface area contributed by atoms with Gasteiger partial charge in [0, 0.05) is 30.4 Å². The highest BCUT2D eigenvalue weighted by Crippen LogP contribution is 2.26. The van der Waals surface area contributed by atoms with Crippen molar-refractivity contribution < 1.29 is 22.7 Å². The molecular weight excluding hydrogens is 393 g/mol. The van der Waals surface area contributed by atoms with Crippen LogP contribution in [-0.4, -0.2) is 45.7 Å². The second kappa shape index (κ2) is 8.01. The molecule has 1 amide bonds. The lowest BCUT2D eigenvalue weighted by Gasteiger charge is -2.17. The van der Waals surface area contributed by atoms with Crippen LogP contribution in [0.25, 0.3) is 10.6 Å². The molecule has 0 aliphatic heterocycles. The fourth-order valence-corrected chi connectivity index (χ4v) is 3.35. The number of nitrogens with zero attached hydrogens (tertiary/aromatic N) is 4. The number of alkyl halides is 3. The molecule has 6 nitrogen and oxygen atoms in total. The van der Waals surface area contributed by atoms with Gasteiger partial charge in [0.2, 0.25) is 0 Å². The first-order chi connectivity index (χ1) is 13.3. The Bertz CT molecular complexity index is 950. The molecule has 0 unspecified atom stereocenters. The normalized spacial score (nSPS) is 11.5. The van der Waals surface area contributed by atoms with Crippen LogP contribution in [-0.2, 0) is 13.1 Å². The second-order valence-corrected chi connectivity index (χ2v) is 6.87. The van der Waals surface area contributed by atoms with E-state index >= 15 is 0 Å². The van der Waals surface area contributed by atoms with Crippen LogP contribution >= 0.6 is 11.3 Å². The van der Waals surface area contributed by atoms with Crippen molar-refractivity contribution in [3.05, 3.63) is 53.6 Å². The summed E-state index contributed by atoms with van der Waals surface area (Å²) in [5.74, 6) is 0.474. The van der Waals surface area contributed by atoms with Gasteiger partial charge in [0.05, 0.1) is 13.7 Å². The van der Waals surface area contributed by atoms with Crippen molar-refractivity contribution in [3.8, 4) is 16.3 Å². The number of hydrogen-bond donors (Lipinski definition) is 0. The first-order valence-corrected chi connectivity index (χ1v) is 9.07. The topological polar surface area (TPSA) is 60.2 Å². The van der Waals surface area contributed by atoms with E-state index in [1.165, 1.54) is 35.7 Å². The summed E-state index contributed by atoms with van der Waals surface area (Å²) >= 11 is 1.31. The molecule has 2 aromatic heterocycles. The standard InChI is InChI=1S/C18H17F3N4O2S/c1-24(9-15-22-7-8-25(15)11-18(19,20)21)17(26)14-10-28-16(23-14)12-3-5-13(27-2)6-4-12/h3-8,10H,9,11H2,1-2H3. The summed E-state index contributed by atoms with van der Waals surface area (Å²) in [6, 6.07) is 7.27. The van der Waals surface area contributed by atoms with Crippen LogP contribution in [0.5, 0.6) is 5.75 Å². The number of carbonyl (C=O) groups excluding carboxylic acids is 1. The molecule has 3 aromatic rings. The van der Waals surface area contributed by atoms with Gasteiger partial charge in [0.1, 0.15) is 28.8 Å². The number of methoxy groups -OCH3 is 1. The SMILES string of the molecule is COc1ccc(-c2nc(C(=O)N(C)Cc3nccn3CC(F)(F)F)cs2)cc1. The van der Waals surface area contributed by atoms with Gasteiger partial charge in [-0.3, -0.25) is 4.79 Å². The lowest BCUT2D eigenvalue weighted by molar-refractivity contribution is -0.141. The zero-order valence-corrected chi connectivity index (χ0v) is 15.9. The summed E-state index contributed by atoms with van der Waals surface area (Å²) in [5.41, 5.74) is 1.07. The highest BCUT2D eigenvalue weighted by molar-refractivity contribution is 7.13. The first kappa shape index (κ1) is 19.9. The summed E-state index contributed by atoms with van der Waals surface area (Å²) in [5, 5.41) is 2.29. The van der Waals surface area contributed by atoms with Crippen molar-refractivity contribution in [3.63, 3.8) is 0 Å². The van der Waals surface area contributed by atoms with Crippen LogP contribution in [0, 0.1) is 0 Å². The number of benzene rings is 1. The molecule has 0 N–H and O–H groups in total. The molecule has 0 radical (unpaired) electrons. The number of hydrogen-bond acceptors (Lipinski definition) is 5. The molecule has 0 fully saturated rings. The number of amides is 1. The van der Waals surface area contributed by atoms with Gasteiger partial charge in [-0.1, -0.05) is 0 Å². The number of imidazole rings is 1. The Hall–Kier alpha value is -2.88. The number of ether oxygens (including phenoxy) is 1.